The predicted octanol–water partition coefficient (Wildman–Crippen LogP) is 4.14. The second-order valence-corrected chi connectivity index (χ2v) is 6.51. The Labute approximate surface area is 124 Å². The van der Waals surface area contributed by atoms with Gasteiger partial charge in [-0.05, 0) is 57.8 Å². The van der Waals surface area contributed by atoms with Gasteiger partial charge in [-0.3, -0.25) is 4.79 Å². The molecule has 0 bridgehead atoms. The molecule has 0 radical (unpaired) electrons. The lowest BCUT2D eigenvalue weighted by Gasteiger charge is -2.24. The number of Topliss-reactive ketones (excluding diaryl/α,β-unsaturated/α-hetero) is 1. The van der Waals surface area contributed by atoms with Gasteiger partial charge in [-0.1, -0.05) is 28.1 Å². The molecule has 1 aromatic rings. The number of carbonyl (C=O) groups excluding carboxylic acids is 1. The van der Waals surface area contributed by atoms with Crippen LogP contribution in [0.4, 0.5) is 0 Å². The molecule has 1 aromatic carbocycles. The van der Waals surface area contributed by atoms with Crippen LogP contribution < -0.4 is 0 Å². The monoisotopic (exact) mass is 323 g/mol. The van der Waals surface area contributed by atoms with Crippen LogP contribution in [0.2, 0.25) is 0 Å². The molecule has 1 unspecified atom stereocenters. The largest absolute Gasteiger partial charge is 0.303 e. The first kappa shape index (κ1) is 14.7. The molecule has 3 heteroatoms. The molecule has 0 heterocycles. The summed E-state index contributed by atoms with van der Waals surface area (Å²) >= 11 is 3.38. The van der Waals surface area contributed by atoms with Crippen molar-refractivity contribution in [3.8, 4) is 0 Å². The average molecular weight is 324 g/mol. The fourth-order valence-corrected chi connectivity index (χ4v) is 2.68. The van der Waals surface area contributed by atoms with Gasteiger partial charge >= 0.3 is 0 Å². The number of halogens is 1. The van der Waals surface area contributed by atoms with Gasteiger partial charge in [0.15, 0.2) is 5.78 Å². The SMILES string of the molecule is CC(C1CC1)N(C)CCCC(=O)c1ccc(Br)cc1. The Kier molecular flexibility index (Phi) is 5.17. The summed E-state index contributed by atoms with van der Waals surface area (Å²) < 4.78 is 1.02. The molecular weight excluding hydrogens is 302 g/mol. The quantitative estimate of drug-likeness (QED) is 0.703. The van der Waals surface area contributed by atoms with E-state index in [0.717, 1.165) is 28.9 Å². The van der Waals surface area contributed by atoms with Crippen molar-refractivity contribution in [3.63, 3.8) is 0 Å². The van der Waals surface area contributed by atoms with Gasteiger partial charge in [-0.15, -0.1) is 0 Å². The average Bonchev–Trinajstić information content (AvgIpc) is 3.22. The van der Waals surface area contributed by atoms with Crippen LogP contribution in [0.25, 0.3) is 0 Å². The van der Waals surface area contributed by atoms with E-state index in [2.05, 4.69) is 34.8 Å². The van der Waals surface area contributed by atoms with Gasteiger partial charge in [0.25, 0.3) is 0 Å². The van der Waals surface area contributed by atoms with Crippen LogP contribution in [-0.2, 0) is 0 Å². The zero-order valence-corrected chi connectivity index (χ0v) is 13.3. The molecule has 1 saturated carbocycles. The smallest absolute Gasteiger partial charge is 0.162 e. The Bertz CT molecular complexity index is 425. The number of nitrogens with zero attached hydrogens (tertiary/aromatic N) is 1. The van der Waals surface area contributed by atoms with Crippen LogP contribution >= 0.6 is 15.9 Å². The highest BCUT2D eigenvalue weighted by atomic mass is 79.9. The topological polar surface area (TPSA) is 20.3 Å². The molecule has 1 atom stereocenters. The fourth-order valence-electron chi connectivity index (χ4n) is 2.41. The number of benzene rings is 1. The van der Waals surface area contributed by atoms with Gasteiger partial charge in [0.1, 0.15) is 0 Å². The third-order valence-corrected chi connectivity index (χ3v) is 4.61. The van der Waals surface area contributed by atoms with E-state index in [1.165, 1.54) is 12.8 Å². The number of carbonyl (C=O) groups is 1. The van der Waals surface area contributed by atoms with Crippen LogP contribution in [-0.4, -0.2) is 30.3 Å². The van der Waals surface area contributed by atoms with Crippen LogP contribution in [0.5, 0.6) is 0 Å². The summed E-state index contributed by atoms with van der Waals surface area (Å²) in [4.78, 5) is 14.4. The molecule has 1 fully saturated rings. The van der Waals surface area contributed by atoms with E-state index in [4.69, 9.17) is 0 Å². The van der Waals surface area contributed by atoms with Crippen molar-refractivity contribution in [2.75, 3.05) is 13.6 Å². The first-order valence-electron chi connectivity index (χ1n) is 7.07. The minimum Gasteiger partial charge on any atom is -0.303 e. The molecule has 104 valence electrons. The Morgan fingerprint density at radius 3 is 2.58 bits per heavy atom. The number of ketones is 1. The number of hydrogen-bond donors (Lipinski definition) is 0. The maximum absolute atomic E-state index is 12.0. The van der Waals surface area contributed by atoms with Gasteiger partial charge in [0.2, 0.25) is 0 Å². The first-order valence-corrected chi connectivity index (χ1v) is 7.86. The van der Waals surface area contributed by atoms with E-state index < -0.39 is 0 Å². The Morgan fingerprint density at radius 1 is 1.37 bits per heavy atom. The summed E-state index contributed by atoms with van der Waals surface area (Å²) in [6.45, 7) is 3.31. The second kappa shape index (κ2) is 6.67. The van der Waals surface area contributed by atoms with Crippen molar-refractivity contribution >= 4 is 21.7 Å². The van der Waals surface area contributed by atoms with Gasteiger partial charge in [0.05, 0.1) is 0 Å². The molecule has 19 heavy (non-hydrogen) atoms. The van der Waals surface area contributed by atoms with Gasteiger partial charge < -0.3 is 4.90 Å². The Balaban J connectivity index is 1.72. The molecule has 2 rings (SSSR count). The van der Waals surface area contributed by atoms with Crippen molar-refractivity contribution in [2.45, 2.75) is 38.6 Å². The van der Waals surface area contributed by atoms with Crippen molar-refractivity contribution in [2.24, 2.45) is 5.92 Å². The third-order valence-electron chi connectivity index (χ3n) is 4.08. The molecule has 0 aromatic heterocycles. The molecule has 0 spiro atoms. The first-order chi connectivity index (χ1) is 9.08. The molecular formula is C16H22BrNO. The Morgan fingerprint density at radius 2 is 2.00 bits per heavy atom. The molecule has 0 amide bonds. The van der Waals surface area contributed by atoms with E-state index in [1.54, 1.807) is 0 Å². The zero-order valence-electron chi connectivity index (χ0n) is 11.7. The van der Waals surface area contributed by atoms with Crippen LogP contribution in [0.15, 0.2) is 28.7 Å². The number of rotatable bonds is 7. The summed E-state index contributed by atoms with van der Waals surface area (Å²) in [5, 5.41) is 0. The summed E-state index contributed by atoms with van der Waals surface area (Å²) in [5.41, 5.74) is 0.820. The minimum absolute atomic E-state index is 0.250. The Hall–Kier alpha value is -0.670. The lowest BCUT2D eigenvalue weighted by molar-refractivity contribution is 0.0973. The van der Waals surface area contributed by atoms with E-state index in [9.17, 15) is 4.79 Å². The van der Waals surface area contributed by atoms with Crippen molar-refractivity contribution in [3.05, 3.63) is 34.3 Å². The molecule has 2 nitrogen and oxygen atoms in total. The second-order valence-electron chi connectivity index (χ2n) is 5.59. The summed E-state index contributed by atoms with van der Waals surface area (Å²) in [5.74, 6) is 1.15. The van der Waals surface area contributed by atoms with Crippen molar-refractivity contribution < 1.29 is 4.79 Å². The minimum atomic E-state index is 0.250. The van der Waals surface area contributed by atoms with E-state index >= 15 is 0 Å². The van der Waals surface area contributed by atoms with Crippen molar-refractivity contribution in [1.82, 2.24) is 4.90 Å². The maximum atomic E-state index is 12.0. The highest BCUT2D eigenvalue weighted by Gasteiger charge is 2.30. The molecule has 1 aliphatic rings. The van der Waals surface area contributed by atoms with Gasteiger partial charge in [-0.2, -0.15) is 0 Å². The maximum Gasteiger partial charge on any atom is 0.162 e. The predicted molar refractivity (Wildman–Crippen MR) is 82.5 cm³/mol. The third kappa shape index (κ3) is 4.43. The summed E-state index contributed by atoms with van der Waals surface area (Å²) in [6.07, 6.45) is 4.35. The summed E-state index contributed by atoms with van der Waals surface area (Å²) in [6, 6.07) is 8.30. The van der Waals surface area contributed by atoms with E-state index in [0.29, 0.717) is 12.5 Å². The highest BCUT2D eigenvalue weighted by Crippen LogP contribution is 2.34. The van der Waals surface area contributed by atoms with Crippen LogP contribution in [0.1, 0.15) is 43.0 Å². The van der Waals surface area contributed by atoms with E-state index in [1.807, 2.05) is 24.3 Å². The number of hydrogen-bond acceptors (Lipinski definition) is 2. The lowest BCUT2D eigenvalue weighted by Crippen LogP contribution is -2.31. The van der Waals surface area contributed by atoms with Gasteiger partial charge in [0, 0.05) is 22.5 Å². The molecule has 1 aliphatic carbocycles. The zero-order chi connectivity index (χ0) is 13.8. The molecule has 0 aliphatic heterocycles. The highest BCUT2D eigenvalue weighted by molar-refractivity contribution is 9.10. The van der Waals surface area contributed by atoms with Gasteiger partial charge in [-0.25, -0.2) is 0 Å². The van der Waals surface area contributed by atoms with Crippen LogP contribution in [0.3, 0.4) is 0 Å². The lowest BCUT2D eigenvalue weighted by atomic mass is 10.1. The van der Waals surface area contributed by atoms with Crippen LogP contribution in [0, 0.1) is 5.92 Å². The normalized spacial score (nSPS) is 16.6. The fraction of sp³-hybridized carbons (Fsp3) is 0.562. The van der Waals surface area contributed by atoms with E-state index in [-0.39, 0.29) is 5.78 Å². The van der Waals surface area contributed by atoms with Crippen molar-refractivity contribution in [1.29, 1.82) is 0 Å². The standard InChI is InChI=1S/C16H22BrNO/c1-12(13-5-6-13)18(2)11-3-4-16(19)14-7-9-15(17)10-8-14/h7-10,12-13H,3-6,11H2,1-2H3. The molecule has 0 N–H and O–H groups in total. The molecule has 0 saturated heterocycles. The summed E-state index contributed by atoms with van der Waals surface area (Å²) in [7, 11) is 2.17.